The largest absolute Gasteiger partial charge is 0.481 e. The van der Waals surface area contributed by atoms with Gasteiger partial charge >= 0.3 is 12.1 Å². The number of hydrogen-bond donors (Lipinski definition) is 1. The molecule has 0 aliphatic heterocycles. The molecule has 1 N–H and O–H groups in total. The molecule has 0 heterocycles. The molecule has 7 nitrogen and oxygen atoms in total. The molecule has 2 aromatic rings. The first-order chi connectivity index (χ1) is 12.6. The van der Waals surface area contributed by atoms with Crippen LogP contribution in [0.5, 0.6) is 5.75 Å². The van der Waals surface area contributed by atoms with Crippen molar-refractivity contribution in [1.29, 1.82) is 0 Å². The van der Waals surface area contributed by atoms with Crippen LogP contribution in [0.15, 0.2) is 54.6 Å². The molecule has 0 fully saturated rings. The average molecular weight is 357 g/mol. The SMILES string of the molecule is CCOC(=O)NC(=O)COC(=O)COc1ccccc1-c1ccccc1. The van der Waals surface area contributed by atoms with Crippen LogP contribution in [0.2, 0.25) is 0 Å². The number of benzene rings is 2. The molecule has 136 valence electrons. The van der Waals surface area contributed by atoms with Crippen LogP contribution < -0.4 is 10.1 Å². The second-order valence-electron chi connectivity index (χ2n) is 5.08. The maximum absolute atomic E-state index is 11.7. The minimum Gasteiger partial charge on any atom is -0.481 e. The van der Waals surface area contributed by atoms with Crippen molar-refractivity contribution in [1.82, 2.24) is 5.32 Å². The van der Waals surface area contributed by atoms with Crippen LogP contribution in [-0.4, -0.2) is 37.8 Å². The lowest BCUT2D eigenvalue weighted by Gasteiger charge is -2.11. The van der Waals surface area contributed by atoms with Gasteiger partial charge in [0.15, 0.2) is 13.2 Å². The standard InChI is InChI=1S/C19H19NO6/c1-2-24-19(23)20-17(21)12-26-18(22)13-25-16-11-7-6-10-15(16)14-8-4-3-5-9-14/h3-11H,2,12-13H2,1H3,(H,20,21,23). The number of carbonyl (C=O) groups excluding carboxylic acids is 3. The highest BCUT2D eigenvalue weighted by Gasteiger charge is 2.13. The van der Waals surface area contributed by atoms with Gasteiger partial charge in [-0.2, -0.15) is 0 Å². The van der Waals surface area contributed by atoms with E-state index in [1.807, 2.05) is 47.8 Å². The van der Waals surface area contributed by atoms with Crippen LogP contribution in [0, 0.1) is 0 Å². The van der Waals surface area contributed by atoms with Gasteiger partial charge in [0.2, 0.25) is 0 Å². The van der Waals surface area contributed by atoms with E-state index in [1.54, 1.807) is 19.1 Å². The summed E-state index contributed by atoms with van der Waals surface area (Å²) in [6.07, 6.45) is -0.887. The first kappa shape index (κ1) is 19.0. The van der Waals surface area contributed by atoms with E-state index in [0.29, 0.717) is 5.75 Å². The summed E-state index contributed by atoms with van der Waals surface area (Å²) >= 11 is 0. The molecule has 2 rings (SSSR count). The Morgan fingerprint density at radius 3 is 2.31 bits per heavy atom. The number of rotatable bonds is 7. The third kappa shape index (κ3) is 5.94. The van der Waals surface area contributed by atoms with E-state index in [-0.39, 0.29) is 13.2 Å². The fourth-order valence-corrected chi connectivity index (χ4v) is 2.09. The molecule has 0 saturated heterocycles. The monoisotopic (exact) mass is 357 g/mol. The zero-order chi connectivity index (χ0) is 18.8. The van der Waals surface area contributed by atoms with E-state index in [9.17, 15) is 14.4 Å². The van der Waals surface area contributed by atoms with Gasteiger partial charge in [0, 0.05) is 5.56 Å². The Labute approximate surface area is 150 Å². The highest BCUT2D eigenvalue weighted by molar-refractivity contribution is 5.93. The lowest BCUT2D eigenvalue weighted by molar-refractivity contribution is -0.150. The second-order valence-corrected chi connectivity index (χ2v) is 5.08. The molecule has 2 amide bonds. The topological polar surface area (TPSA) is 90.9 Å². The Balaban J connectivity index is 1.85. The van der Waals surface area contributed by atoms with Crippen molar-refractivity contribution in [2.45, 2.75) is 6.92 Å². The van der Waals surface area contributed by atoms with Crippen LogP contribution in [0.3, 0.4) is 0 Å². The Morgan fingerprint density at radius 1 is 0.885 bits per heavy atom. The van der Waals surface area contributed by atoms with E-state index < -0.39 is 24.6 Å². The van der Waals surface area contributed by atoms with Gasteiger partial charge in [0.25, 0.3) is 5.91 Å². The summed E-state index contributed by atoms with van der Waals surface area (Å²) in [4.78, 5) is 34.2. The first-order valence-corrected chi connectivity index (χ1v) is 7.99. The van der Waals surface area contributed by atoms with Gasteiger partial charge < -0.3 is 14.2 Å². The Hall–Kier alpha value is -3.35. The third-order valence-electron chi connectivity index (χ3n) is 3.20. The predicted molar refractivity (Wildman–Crippen MR) is 93.5 cm³/mol. The van der Waals surface area contributed by atoms with Crippen molar-refractivity contribution < 1.29 is 28.6 Å². The molecule has 0 aliphatic carbocycles. The zero-order valence-electron chi connectivity index (χ0n) is 14.3. The van der Waals surface area contributed by atoms with Crippen molar-refractivity contribution in [2.75, 3.05) is 19.8 Å². The molecule has 26 heavy (non-hydrogen) atoms. The van der Waals surface area contributed by atoms with Crippen molar-refractivity contribution in [3.8, 4) is 16.9 Å². The van der Waals surface area contributed by atoms with Crippen LogP contribution >= 0.6 is 0 Å². The molecular formula is C19H19NO6. The van der Waals surface area contributed by atoms with Crippen molar-refractivity contribution >= 4 is 18.0 Å². The minimum absolute atomic E-state index is 0.133. The van der Waals surface area contributed by atoms with E-state index in [2.05, 4.69) is 4.74 Å². The number of alkyl carbamates (subject to hydrolysis) is 1. The Kier molecular flexibility index (Phi) is 7.17. The summed E-state index contributed by atoms with van der Waals surface area (Å²) in [5.41, 5.74) is 1.78. The summed E-state index contributed by atoms with van der Waals surface area (Å²) in [6.45, 7) is 0.778. The fourth-order valence-electron chi connectivity index (χ4n) is 2.09. The van der Waals surface area contributed by atoms with E-state index in [1.165, 1.54) is 0 Å². The number of ether oxygens (including phenoxy) is 3. The average Bonchev–Trinajstić information content (AvgIpc) is 2.66. The zero-order valence-corrected chi connectivity index (χ0v) is 14.3. The highest BCUT2D eigenvalue weighted by Crippen LogP contribution is 2.29. The molecule has 0 spiro atoms. The third-order valence-corrected chi connectivity index (χ3v) is 3.20. The number of amides is 2. The normalized spacial score (nSPS) is 9.88. The van der Waals surface area contributed by atoms with Crippen LogP contribution in [0.25, 0.3) is 11.1 Å². The lowest BCUT2D eigenvalue weighted by atomic mass is 10.1. The predicted octanol–water partition coefficient (Wildman–Crippen LogP) is 2.55. The summed E-state index contributed by atoms with van der Waals surface area (Å²) in [5, 5.41) is 1.92. The molecule has 0 unspecified atom stereocenters. The van der Waals surface area contributed by atoms with Gasteiger partial charge in [-0.25, -0.2) is 9.59 Å². The number of hydrogen-bond acceptors (Lipinski definition) is 6. The molecule has 0 saturated carbocycles. The Bertz CT molecular complexity index is 760. The van der Waals surface area contributed by atoms with Gasteiger partial charge in [0.1, 0.15) is 5.75 Å². The minimum atomic E-state index is -0.887. The highest BCUT2D eigenvalue weighted by atomic mass is 16.6. The molecule has 0 aromatic heterocycles. The molecule has 0 aliphatic rings. The van der Waals surface area contributed by atoms with E-state index >= 15 is 0 Å². The molecule has 0 bridgehead atoms. The van der Waals surface area contributed by atoms with Crippen molar-refractivity contribution in [3.63, 3.8) is 0 Å². The summed E-state index contributed by atoms with van der Waals surface area (Å²) in [5.74, 6) is -0.986. The molecule has 0 atom stereocenters. The van der Waals surface area contributed by atoms with Gasteiger partial charge in [-0.1, -0.05) is 48.5 Å². The van der Waals surface area contributed by atoms with Crippen LogP contribution in [-0.2, 0) is 19.1 Å². The molecular weight excluding hydrogens is 338 g/mol. The number of carbonyl (C=O) groups is 3. The molecule has 0 radical (unpaired) electrons. The Morgan fingerprint density at radius 2 is 1.58 bits per heavy atom. The van der Waals surface area contributed by atoms with Crippen LogP contribution in [0.4, 0.5) is 4.79 Å². The molecule has 7 heteroatoms. The maximum Gasteiger partial charge on any atom is 0.413 e. The van der Waals surface area contributed by atoms with E-state index in [4.69, 9.17) is 9.47 Å². The fraction of sp³-hybridized carbons (Fsp3) is 0.211. The number of esters is 1. The van der Waals surface area contributed by atoms with Gasteiger partial charge in [-0.15, -0.1) is 0 Å². The van der Waals surface area contributed by atoms with E-state index in [0.717, 1.165) is 11.1 Å². The first-order valence-electron chi connectivity index (χ1n) is 7.99. The summed E-state index contributed by atoms with van der Waals surface area (Å²) in [7, 11) is 0. The summed E-state index contributed by atoms with van der Waals surface area (Å²) in [6, 6.07) is 16.9. The quantitative estimate of drug-likeness (QED) is 0.766. The van der Waals surface area contributed by atoms with Crippen LogP contribution in [0.1, 0.15) is 6.92 Å². The van der Waals surface area contributed by atoms with Gasteiger partial charge in [-0.3, -0.25) is 10.1 Å². The van der Waals surface area contributed by atoms with Gasteiger partial charge in [0.05, 0.1) is 6.61 Å². The maximum atomic E-state index is 11.7. The number of nitrogens with one attached hydrogen (secondary N) is 1. The summed E-state index contributed by atoms with van der Waals surface area (Å²) < 4.78 is 14.8. The lowest BCUT2D eigenvalue weighted by Crippen LogP contribution is -2.35. The van der Waals surface area contributed by atoms with Crippen molar-refractivity contribution in [3.05, 3.63) is 54.6 Å². The van der Waals surface area contributed by atoms with Crippen molar-refractivity contribution in [2.24, 2.45) is 0 Å². The second kappa shape index (κ2) is 9.83. The number of para-hydroxylation sites is 1. The number of imide groups is 1. The smallest absolute Gasteiger partial charge is 0.413 e. The molecule has 2 aromatic carbocycles. The van der Waals surface area contributed by atoms with Gasteiger partial charge in [-0.05, 0) is 18.6 Å².